The SMILES string of the molecule is COc1cc([C@@H]2C(C#N)=C(N)N(N(C)C)C3=C2C(=O)CCC3)ccc1O. The number of carbonyl (C=O) groups is 1. The molecule has 1 atom stereocenters. The van der Waals surface area contributed by atoms with Gasteiger partial charge in [-0.25, -0.2) is 5.01 Å². The van der Waals surface area contributed by atoms with Gasteiger partial charge >= 0.3 is 0 Å². The Morgan fingerprint density at radius 3 is 2.73 bits per heavy atom. The van der Waals surface area contributed by atoms with Gasteiger partial charge < -0.3 is 15.6 Å². The minimum atomic E-state index is -0.562. The van der Waals surface area contributed by atoms with E-state index in [0.29, 0.717) is 41.1 Å². The van der Waals surface area contributed by atoms with E-state index in [4.69, 9.17) is 10.5 Å². The number of hydrogen-bond acceptors (Lipinski definition) is 7. The highest BCUT2D eigenvalue weighted by molar-refractivity contribution is 5.99. The highest BCUT2D eigenvalue weighted by atomic mass is 16.5. The van der Waals surface area contributed by atoms with Gasteiger partial charge in [-0.2, -0.15) is 5.26 Å². The molecule has 1 aliphatic heterocycles. The lowest BCUT2D eigenvalue weighted by molar-refractivity contribution is -0.116. The Labute approximate surface area is 152 Å². The number of hydrazine groups is 1. The molecule has 7 heteroatoms. The van der Waals surface area contributed by atoms with E-state index in [1.807, 2.05) is 14.1 Å². The molecule has 0 spiro atoms. The molecule has 0 radical (unpaired) electrons. The Hall–Kier alpha value is -2.98. The van der Waals surface area contributed by atoms with Crippen LogP contribution in [-0.4, -0.2) is 42.1 Å². The lowest BCUT2D eigenvalue weighted by Gasteiger charge is -2.42. The quantitative estimate of drug-likeness (QED) is 0.855. The highest BCUT2D eigenvalue weighted by Crippen LogP contribution is 2.46. The molecule has 3 rings (SSSR count). The minimum Gasteiger partial charge on any atom is -0.504 e. The Balaban J connectivity index is 2.26. The number of nitrogens with two attached hydrogens (primary N) is 1. The van der Waals surface area contributed by atoms with Crippen LogP contribution in [0.5, 0.6) is 11.5 Å². The van der Waals surface area contributed by atoms with Crippen LogP contribution in [-0.2, 0) is 4.79 Å². The van der Waals surface area contributed by atoms with E-state index in [1.165, 1.54) is 13.2 Å². The normalized spacial score (nSPS) is 20.3. The Morgan fingerprint density at radius 1 is 1.38 bits per heavy atom. The fourth-order valence-corrected chi connectivity index (χ4v) is 3.73. The average molecular weight is 354 g/mol. The lowest BCUT2D eigenvalue weighted by Crippen LogP contribution is -2.45. The van der Waals surface area contributed by atoms with Crippen molar-refractivity contribution in [3.05, 3.63) is 46.4 Å². The number of nitrogens with zero attached hydrogens (tertiary/aromatic N) is 3. The van der Waals surface area contributed by atoms with Crippen LogP contribution in [0, 0.1) is 11.3 Å². The van der Waals surface area contributed by atoms with Crippen molar-refractivity contribution in [2.24, 2.45) is 5.73 Å². The first-order valence-electron chi connectivity index (χ1n) is 8.41. The molecule has 7 nitrogen and oxygen atoms in total. The van der Waals surface area contributed by atoms with Gasteiger partial charge in [-0.3, -0.25) is 9.80 Å². The maximum absolute atomic E-state index is 12.8. The number of ether oxygens (including phenoxy) is 1. The fraction of sp³-hybridized carbons (Fsp3) is 0.368. The molecule has 0 bridgehead atoms. The molecule has 0 saturated carbocycles. The van der Waals surface area contributed by atoms with Gasteiger partial charge in [0.05, 0.1) is 24.7 Å². The number of phenols is 1. The largest absolute Gasteiger partial charge is 0.504 e. The van der Waals surface area contributed by atoms with Crippen molar-refractivity contribution >= 4 is 5.78 Å². The zero-order valence-corrected chi connectivity index (χ0v) is 15.1. The van der Waals surface area contributed by atoms with E-state index < -0.39 is 5.92 Å². The van der Waals surface area contributed by atoms with E-state index in [0.717, 1.165) is 12.1 Å². The van der Waals surface area contributed by atoms with Crippen LogP contribution in [0.2, 0.25) is 0 Å². The second-order valence-corrected chi connectivity index (χ2v) is 6.57. The van der Waals surface area contributed by atoms with Crippen LogP contribution in [0.15, 0.2) is 40.9 Å². The van der Waals surface area contributed by atoms with Gasteiger partial charge in [-0.05, 0) is 30.5 Å². The molecular formula is C19H22N4O3. The fourth-order valence-electron chi connectivity index (χ4n) is 3.73. The molecule has 26 heavy (non-hydrogen) atoms. The molecule has 0 saturated heterocycles. The van der Waals surface area contributed by atoms with Crippen molar-refractivity contribution in [2.75, 3.05) is 21.2 Å². The minimum absolute atomic E-state index is 0.00149. The highest BCUT2D eigenvalue weighted by Gasteiger charge is 2.40. The van der Waals surface area contributed by atoms with E-state index in [9.17, 15) is 15.2 Å². The summed E-state index contributed by atoms with van der Waals surface area (Å²) in [5, 5.41) is 23.2. The van der Waals surface area contributed by atoms with Crippen molar-refractivity contribution in [3.63, 3.8) is 0 Å². The van der Waals surface area contributed by atoms with Crippen LogP contribution in [0.1, 0.15) is 30.7 Å². The smallest absolute Gasteiger partial charge is 0.161 e. The summed E-state index contributed by atoms with van der Waals surface area (Å²) in [5.41, 5.74) is 8.78. The third-order valence-corrected chi connectivity index (χ3v) is 4.82. The topological polar surface area (TPSA) is 103 Å². The van der Waals surface area contributed by atoms with Crippen molar-refractivity contribution in [3.8, 4) is 17.6 Å². The predicted molar refractivity (Wildman–Crippen MR) is 95.6 cm³/mol. The Morgan fingerprint density at radius 2 is 2.12 bits per heavy atom. The van der Waals surface area contributed by atoms with Gasteiger partial charge in [-0.1, -0.05) is 6.07 Å². The summed E-state index contributed by atoms with van der Waals surface area (Å²) >= 11 is 0. The monoisotopic (exact) mass is 354 g/mol. The first-order chi connectivity index (χ1) is 12.4. The molecule has 0 aromatic heterocycles. The number of Topliss-reactive ketones (excluding diaryl/α,β-unsaturated/α-hetero) is 1. The molecule has 0 amide bonds. The van der Waals surface area contributed by atoms with Crippen LogP contribution < -0.4 is 10.5 Å². The third kappa shape index (κ3) is 2.68. The number of hydrogen-bond donors (Lipinski definition) is 2. The zero-order valence-electron chi connectivity index (χ0n) is 15.1. The third-order valence-electron chi connectivity index (χ3n) is 4.82. The number of ketones is 1. The number of phenolic OH excluding ortho intramolecular Hbond substituents is 1. The average Bonchev–Trinajstić information content (AvgIpc) is 2.61. The molecule has 3 N–H and O–H groups in total. The summed E-state index contributed by atoms with van der Waals surface area (Å²) in [6.45, 7) is 0. The second-order valence-electron chi connectivity index (χ2n) is 6.57. The van der Waals surface area contributed by atoms with Crippen molar-refractivity contribution in [1.29, 1.82) is 5.26 Å². The summed E-state index contributed by atoms with van der Waals surface area (Å²) < 4.78 is 5.19. The summed E-state index contributed by atoms with van der Waals surface area (Å²) in [4.78, 5) is 12.8. The van der Waals surface area contributed by atoms with Gasteiger partial charge in [0.1, 0.15) is 5.82 Å². The second kappa shape index (κ2) is 6.73. The molecule has 1 aliphatic carbocycles. The summed E-state index contributed by atoms with van der Waals surface area (Å²) in [6, 6.07) is 7.05. The maximum Gasteiger partial charge on any atom is 0.161 e. The molecule has 1 aromatic rings. The summed E-state index contributed by atoms with van der Waals surface area (Å²) in [6.07, 6.45) is 1.91. The maximum atomic E-state index is 12.8. The number of allylic oxidation sites excluding steroid dienone is 3. The number of nitriles is 1. The molecule has 1 heterocycles. The van der Waals surface area contributed by atoms with E-state index >= 15 is 0 Å². The first-order valence-corrected chi connectivity index (χ1v) is 8.41. The van der Waals surface area contributed by atoms with E-state index in [1.54, 1.807) is 22.2 Å². The number of rotatable bonds is 3. The van der Waals surface area contributed by atoms with Crippen LogP contribution in [0.4, 0.5) is 0 Å². The first kappa shape index (κ1) is 17.8. The van der Waals surface area contributed by atoms with Gasteiger partial charge in [0, 0.05) is 31.8 Å². The van der Waals surface area contributed by atoms with Gasteiger partial charge in [0.25, 0.3) is 0 Å². The van der Waals surface area contributed by atoms with Crippen molar-refractivity contribution in [1.82, 2.24) is 10.0 Å². The number of methoxy groups -OCH3 is 1. The van der Waals surface area contributed by atoms with Crippen molar-refractivity contribution in [2.45, 2.75) is 25.2 Å². The molecule has 2 aliphatic rings. The van der Waals surface area contributed by atoms with Crippen molar-refractivity contribution < 1.29 is 14.6 Å². The van der Waals surface area contributed by atoms with Crippen LogP contribution in [0.25, 0.3) is 0 Å². The number of aromatic hydroxyl groups is 1. The van der Waals surface area contributed by atoms with Gasteiger partial charge in [0.2, 0.25) is 0 Å². The Bertz CT molecular complexity index is 864. The molecule has 136 valence electrons. The molecular weight excluding hydrogens is 332 g/mol. The van der Waals surface area contributed by atoms with E-state index in [-0.39, 0.29) is 11.5 Å². The lowest BCUT2D eigenvalue weighted by atomic mass is 9.76. The Kier molecular flexibility index (Phi) is 4.62. The number of benzene rings is 1. The zero-order chi connectivity index (χ0) is 19.0. The molecule has 0 unspecified atom stereocenters. The summed E-state index contributed by atoms with van der Waals surface area (Å²) in [5.74, 6) is 0.0762. The molecule has 0 fully saturated rings. The van der Waals surface area contributed by atoms with Gasteiger partial charge in [-0.15, -0.1) is 0 Å². The number of carbonyl (C=O) groups excluding carboxylic acids is 1. The predicted octanol–water partition coefficient (Wildman–Crippen LogP) is 1.98. The standard InChI is InChI=1S/C19H22N4O3/c1-22(2)23-13-5-4-6-15(25)18(13)17(12(10-20)19(23)21)11-7-8-14(24)16(9-11)26-3/h7-9,17,24H,4-6,21H2,1-3H3/t17-/m1/s1. The van der Waals surface area contributed by atoms with Crippen LogP contribution in [0.3, 0.4) is 0 Å². The van der Waals surface area contributed by atoms with Crippen LogP contribution >= 0.6 is 0 Å². The molecule has 1 aromatic carbocycles. The summed E-state index contributed by atoms with van der Waals surface area (Å²) in [7, 11) is 5.12. The van der Waals surface area contributed by atoms with E-state index in [2.05, 4.69) is 6.07 Å². The van der Waals surface area contributed by atoms with Gasteiger partial charge in [0.15, 0.2) is 17.3 Å².